The highest BCUT2D eigenvalue weighted by molar-refractivity contribution is 5.25. The molecular formula is C20H35N. The third-order valence-corrected chi connectivity index (χ3v) is 3.96. The van der Waals surface area contributed by atoms with E-state index in [9.17, 15) is 0 Å². The van der Waals surface area contributed by atoms with E-state index in [1.54, 1.807) is 0 Å². The van der Waals surface area contributed by atoms with E-state index in [1.165, 1.54) is 49.7 Å². The number of rotatable bonds is 9. The van der Waals surface area contributed by atoms with Crippen LogP contribution in [0.1, 0.15) is 83.9 Å². The van der Waals surface area contributed by atoms with Crippen LogP contribution in [0.3, 0.4) is 0 Å². The summed E-state index contributed by atoms with van der Waals surface area (Å²) in [6, 6.07) is 9.57. The van der Waals surface area contributed by atoms with E-state index in [0.29, 0.717) is 11.5 Å². The molecule has 120 valence electrons. The number of unbranched alkanes of at least 4 members (excludes halogenated alkanes) is 4. The lowest BCUT2D eigenvalue weighted by molar-refractivity contribution is 0.359. The van der Waals surface area contributed by atoms with Crippen molar-refractivity contribution in [2.75, 3.05) is 6.54 Å². The van der Waals surface area contributed by atoms with Crippen LogP contribution in [0.4, 0.5) is 0 Å². The van der Waals surface area contributed by atoms with Crippen molar-refractivity contribution in [3.05, 3.63) is 35.4 Å². The normalized spacial score (nSPS) is 13.4. The molecule has 0 heterocycles. The predicted octanol–water partition coefficient (Wildman–Crippen LogP) is 5.90. The standard InChI is InChI=1S/C20H35N/c1-6-7-8-9-10-12-18-13-11-14-19(15-18)17(2)21-16-20(3,4)5/h11,13-15,17,21H,6-10,12,16H2,1-5H3. The number of nitrogens with one attached hydrogen (secondary N) is 1. The van der Waals surface area contributed by atoms with Crippen molar-refractivity contribution < 1.29 is 0 Å². The fourth-order valence-corrected chi connectivity index (χ4v) is 2.53. The molecule has 1 N–H and O–H groups in total. The van der Waals surface area contributed by atoms with Gasteiger partial charge in [0.15, 0.2) is 0 Å². The molecule has 0 amide bonds. The van der Waals surface area contributed by atoms with Crippen molar-refractivity contribution >= 4 is 0 Å². The lowest BCUT2D eigenvalue weighted by atomic mass is 9.95. The third-order valence-electron chi connectivity index (χ3n) is 3.96. The van der Waals surface area contributed by atoms with E-state index in [-0.39, 0.29) is 0 Å². The average molecular weight is 290 g/mol. The van der Waals surface area contributed by atoms with E-state index >= 15 is 0 Å². The minimum absolute atomic E-state index is 0.338. The maximum atomic E-state index is 3.65. The lowest BCUT2D eigenvalue weighted by Crippen LogP contribution is -2.29. The Labute approximate surface area is 132 Å². The van der Waals surface area contributed by atoms with Crippen LogP contribution in [-0.4, -0.2) is 6.54 Å². The molecule has 0 spiro atoms. The van der Waals surface area contributed by atoms with Gasteiger partial charge in [-0.25, -0.2) is 0 Å². The molecule has 0 saturated carbocycles. The third kappa shape index (κ3) is 8.26. The highest BCUT2D eigenvalue weighted by atomic mass is 14.9. The Hall–Kier alpha value is -0.820. The van der Waals surface area contributed by atoms with Gasteiger partial charge in [-0.05, 0) is 36.3 Å². The van der Waals surface area contributed by atoms with Crippen molar-refractivity contribution in [1.82, 2.24) is 5.32 Å². The minimum atomic E-state index is 0.338. The first-order valence-corrected chi connectivity index (χ1v) is 8.74. The van der Waals surface area contributed by atoms with E-state index in [2.05, 4.69) is 64.2 Å². The minimum Gasteiger partial charge on any atom is -0.310 e. The number of hydrogen-bond donors (Lipinski definition) is 1. The lowest BCUT2D eigenvalue weighted by Gasteiger charge is -2.23. The van der Waals surface area contributed by atoms with Crippen LogP contribution in [0.25, 0.3) is 0 Å². The number of aryl methyl sites for hydroxylation is 1. The van der Waals surface area contributed by atoms with Crippen molar-refractivity contribution in [3.8, 4) is 0 Å². The molecule has 0 aliphatic heterocycles. The number of hydrogen-bond acceptors (Lipinski definition) is 1. The Morgan fingerprint density at radius 2 is 1.76 bits per heavy atom. The summed E-state index contributed by atoms with van der Waals surface area (Å²) >= 11 is 0. The summed E-state index contributed by atoms with van der Waals surface area (Å²) in [7, 11) is 0. The summed E-state index contributed by atoms with van der Waals surface area (Å²) in [5.41, 5.74) is 3.25. The molecule has 0 radical (unpaired) electrons. The SMILES string of the molecule is CCCCCCCc1cccc(C(C)NCC(C)(C)C)c1. The second kappa shape index (κ2) is 9.25. The molecule has 1 aromatic carbocycles. The quantitative estimate of drug-likeness (QED) is 0.558. The monoisotopic (exact) mass is 289 g/mol. The largest absolute Gasteiger partial charge is 0.310 e. The van der Waals surface area contributed by atoms with Gasteiger partial charge in [0.2, 0.25) is 0 Å². The van der Waals surface area contributed by atoms with Crippen molar-refractivity contribution in [1.29, 1.82) is 0 Å². The summed E-state index contributed by atoms with van der Waals surface area (Å²) in [6.45, 7) is 12.4. The maximum Gasteiger partial charge on any atom is 0.0292 e. The van der Waals surface area contributed by atoms with Gasteiger partial charge >= 0.3 is 0 Å². The molecule has 1 atom stereocenters. The van der Waals surface area contributed by atoms with Crippen LogP contribution in [0.5, 0.6) is 0 Å². The summed E-state index contributed by atoms with van der Waals surface area (Å²) in [6.07, 6.45) is 8.02. The van der Waals surface area contributed by atoms with Crippen molar-refractivity contribution in [2.24, 2.45) is 5.41 Å². The van der Waals surface area contributed by atoms with E-state index in [0.717, 1.165) is 6.54 Å². The summed E-state index contributed by atoms with van der Waals surface area (Å²) in [4.78, 5) is 0. The molecule has 1 rings (SSSR count). The first-order chi connectivity index (χ1) is 9.92. The summed E-state index contributed by atoms with van der Waals surface area (Å²) < 4.78 is 0. The van der Waals surface area contributed by atoms with Gasteiger partial charge in [-0.15, -0.1) is 0 Å². The smallest absolute Gasteiger partial charge is 0.0292 e. The fraction of sp³-hybridized carbons (Fsp3) is 0.700. The zero-order chi connectivity index (χ0) is 15.7. The first-order valence-electron chi connectivity index (χ1n) is 8.74. The molecule has 1 nitrogen and oxygen atoms in total. The second-order valence-electron chi connectivity index (χ2n) is 7.57. The van der Waals surface area contributed by atoms with Gasteiger partial charge < -0.3 is 5.32 Å². The molecule has 0 aliphatic rings. The zero-order valence-electron chi connectivity index (χ0n) is 14.8. The molecule has 0 fully saturated rings. The van der Waals surface area contributed by atoms with Gasteiger partial charge in [0.1, 0.15) is 0 Å². The molecule has 0 aromatic heterocycles. The molecule has 1 heteroatoms. The van der Waals surface area contributed by atoms with Crippen molar-refractivity contribution in [3.63, 3.8) is 0 Å². The average Bonchev–Trinajstić information content (AvgIpc) is 2.44. The summed E-state index contributed by atoms with van der Waals surface area (Å²) in [5, 5.41) is 3.65. The Balaban J connectivity index is 2.44. The second-order valence-corrected chi connectivity index (χ2v) is 7.57. The van der Waals surface area contributed by atoms with Gasteiger partial charge in [-0.3, -0.25) is 0 Å². The van der Waals surface area contributed by atoms with Gasteiger partial charge in [0.05, 0.1) is 0 Å². The Kier molecular flexibility index (Phi) is 8.03. The van der Waals surface area contributed by atoms with E-state index < -0.39 is 0 Å². The molecule has 0 bridgehead atoms. The topological polar surface area (TPSA) is 12.0 Å². The van der Waals surface area contributed by atoms with Crippen LogP contribution < -0.4 is 5.32 Å². The Bertz CT molecular complexity index is 389. The molecule has 0 saturated heterocycles. The molecule has 1 unspecified atom stereocenters. The zero-order valence-corrected chi connectivity index (χ0v) is 14.8. The van der Waals surface area contributed by atoms with Gasteiger partial charge in [0.25, 0.3) is 0 Å². The van der Waals surface area contributed by atoms with Crippen LogP contribution in [-0.2, 0) is 6.42 Å². The molecule has 0 aliphatic carbocycles. The van der Waals surface area contributed by atoms with Gasteiger partial charge in [-0.2, -0.15) is 0 Å². The maximum absolute atomic E-state index is 3.65. The molecular weight excluding hydrogens is 254 g/mol. The highest BCUT2D eigenvalue weighted by Gasteiger charge is 2.12. The Morgan fingerprint density at radius 3 is 2.43 bits per heavy atom. The van der Waals surface area contributed by atoms with Crippen LogP contribution >= 0.6 is 0 Å². The Morgan fingerprint density at radius 1 is 1.05 bits per heavy atom. The molecule has 1 aromatic rings. The van der Waals surface area contributed by atoms with Crippen LogP contribution in [0.2, 0.25) is 0 Å². The van der Waals surface area contributed by atoms with Crippen LogP contribution in [0.15, 0.2) is 24.3 Å². The first kappa shape index (κ1) is 18.2. The predicted molar refractivity (Wildman–Crippen MR) is 94.8 cm³/mol. The number of benzene rings is 1. The van der Waals surface area contributed by atoms with Gasteiger partial charge in [-0.1, -0.05) is 77.6 Å². The van der Waals surface area contributed by atoms with E-state index in [1.807, 2.05) is 0 Å². The van der Waals surface area contributed by atoms with E-state index in [4.69, 9.17) is 0 Å². The molecule has 21 heavy (non-hydrogen) atoms. The summed E-state index contributed by atoms with van der Waals surface area (Å²) in [5.74, 6) is 0. The highest BCUT2D eigenvalue weighted by Crippen LogP contribution is 2.18. The van der Waals surface area contributed by atoms with Crippen molar-refractivity contribution in [2.45, 2.75) is 79.2 Å². The fourth-order valence-electron chi connectivity index (χ4n) is 2.53. The van der Waals surface area contributed by atoms with Gasteiger partial charge in [0, 0.05) is 12.6 Å². The van der Waals surface area contributed by atoms with Crippen LogP contribution in [0, 0.1) is 5.41 Å².